The number of thioether (sulfide) groups is 1. The van der Waals surface area contributed by atoms with E-state index in [4.69, 9.17) is 4.98 Å². The molecule has 0 atom stereocenters. The number of aryl methyl sites for hydroxylation is 1. The Labute approximate surface area is 143 Å². The van der Waals surface area contributed by atoms with Crippen molar-refractivity contribution in [2.75, 3.05) is 0 Å². The lowest BCUT2D eigenvalue weighted by Crippen LogP contribution is -2.22. The summed E-state index contributed by atoms with van der Waals surface area (Å²) in [6.07, 6.45) is 3.06. The number of para-hydroxylation sites is 1. The van der Waals surface area contributed by atoms with E-state index in [0.717, 1.165) is 42.3 Å². The molecule has 1 aliphatic carbocycles. The molecule has 0 unspecified atom stereocenters. The standard InChI is InChI=1S/C16H18N6OS/c1-2-9-21-14(18-19-20-21)10-24-16-17-13-6-4-3-5-12(13)15(23)22(16)11-7-8-11/h3-6,11H,2,7-10H2,1H3. The molecule has 7 nitrogen and oxygen atoms in total. The van der Waals surface area contributed by atoms with Crippen LogP contribution in [0.1, 0.15) is 38.1 Å². The summed E-state index contributed by atoms with van der Waals surface area (Å²) in [5.74, 6) is 1.41. The van der Waals surface area contributed by atoms with Gasteiger partial charge in [-0.05, 0) is 41.8 Å². The predicted molar refractivity (Wildman–Crippen MR) is 91.9 cm³/mol. The molecular formula is C16H18N6OS. The normalized spacial score (nSPS) is 14.4. The predicted octanol–water partition coefficient (Wildman–Crippen LogP) is 2.42. The topological polar surface area (TPSA) is 78.5 Å². The van der Waals surface area contributed by atoms with Gasteiger partial charge in [-0.2, -0.15) is 0 Å². The number of hydrogen-bond acceptors (Lipinski definition) is 6. The molecule has 1 saturated carbocycles. The largest absolute Gasteiger partial charge is 0.284 e. The van der Waals surface area contributed by atoms with Gasteiger partial charge in [-0.25, -0.2) is 9.67 Å². The molecule has 0 saturated heterocycles. The number of nitrogens with zero attached hydrogens (tertiary/aromatic N) is 6. The molecule has 8 heteroatoms. The zero-order chi connectivity index (χ0) is 16.5. The van der Waals surface area contributed by atoms with Crippen molar-refractivity contribution >= 4 is 22.7 Å². The first-order valence-corrected chi connectivity index (χ1v) is 9.15. The number of tetrazole rings is 1. The number of aromatic nitrogens is 6. The van der Waals surface area contributed by atoms with Crippen LogP contribution in [0.4, 0.5) is 0 Å². The third-order valence-corrected chi connectivity index (χ3v) is 5.01. The summed E-state index contributed by atoms with van der Waals surface area (Å²) in [5, 5.41) is 13.3. The fourth-order valence-corrected chi connectivity index (χ4v) is 3.72. The maximum atomic E-state index is 12.8. The molecule has 1 aliphatic rings. The summed E-state index contributed by atoms with van der Waals surface area (Å²) in [7, 11) is 0. The molecule has 0 radical (unpaired) electrons. The monoisotopic (exact) mass is 342 g/mol. The van der Waals surface area contributed by atoms with Crippen LogP contribution in [-0.4, -0.2) is 29.8 Å². The smallest absolute Gasteiger partial charge is 0.262 e. The summed E-state index contributed by atoms with van der Waals surface area (Å²) in [5.41, 5.74) is 0.800. The van der Waals surface area contributed by atoms with E-state index in [-0.39, 0.29) is 11.6 Å². The number of hydrogen-bond donors (Lipinski definition) is 0. The van der Waals surface area contributed by atoms with Gasteiger partial charge in [0.1, 0.15) is 0 Å². The highest BCUT2D eigenvalue weighted by Gasteiger charge is 2.28. The van der Waals surface area contributed by atoms with Crippen LogP contribution in [0.2, 0.25) is 0 Å². The Balaban J connectivity index is 1.69. The fraction of sp³-hybridized carbons (Fsp3) is 0.438. The fourth-order valence-electron chi connectivity index (χ4n) is 2.72. The quantitative estimate of drug-likeness (QED) is 0.506. The van der Waals surface area contributed by atoms with Crippen LogP contribution in [0.3, 0.4) is 0 Å². The van der Waals surface area contributed by atoms with Crippen molar-refractivity contribution in [2.24, 2.45) is 0 Å². The molecule has 4 rings (SSSR count). The number of benzene rings is 1. The van der Waals surface area contributed by atoms with E-state index >= 15 is 0 Å². The van der Waals surface area contributed by atoms with E-state index in [1.165, 1.54) is 11.8 Å². The van der Waals surface area contributed by atoms with Gasteiger partial charge in [-0.3, -0.25) is 9.36 Å². The second kappa shape index (κ2) is 6.35. The molecule has 24 heavy (non-hydrogen) atoms. The Bertz CT molecular complexity index is 930. The number of rotatable bonds is 6. The van der Waals surface area contributed by atoms with Crippen molar-refractivity contribution in [1.29, 1.82) is 0 Å². The first kappa shape index (κ1) is 15.3. The maximum Gasteiger partial charge on any atom is 0.262 e. The van der Waals surface area contributed by atoms with Crippen molar-refractivity contribution in [1.82, 2.24) is 29.8 Å². The average Bonchev–Trinajstić information content (AvgIpc) is 3.33. The van der Waals surface area contributed by atoms with Crippen molar-refractivity contribution in [2.45, 2.75) is 49.7 Å². The first-order chi connectivity index (χ1) is 11.8. The molecule has 0 aliphatic heterocycles. The van der Waals surface area contributed by atoms with E-state index in [0.29, 0.717) is 11.1 Å². The van der Waals surface area contributed by atoms with Crippen LogP contribution in [-0.2, 0) is 12.3 Å². The van der Waals surface area contributed by atoms with Gasteiger partial charge in [-0.1, -0.05) is 30.8 Å². The van der Waals surface area contributed by atoms with E-state index in [2.05, 4.69) is 22.4 Å². The minimum absolute atomic E-state index is 0.0544. The molecule has 0 bridgehead atoms. The Kier molecular flexibility index (Phi) is 4.05. The Morgan fingerprint density at radius 3 is 2.92 bits per heavy atom. The van der Waals surface area contributed by atoms with Gasteiger partial charge in [0, 0.05) is 12.6 Å². The Hall–Kier alpha value is -2.22. The van der Waals surface area contributed by atoms with Crippen molar-refractivity contribution in [3.63, 3.8) is 0 Å². The molecule has 124 valence electrons. The van der Waals surface area contributed by atoms with Crippen LogP contribution in [0.5, 0.6) is 0 Å². The molecule has 0 amide bonds. The lowest BCUT2D eigenvalue weighted by molar-refractivity contribution is 0.563. The van der Waals surface area contributed by atoms with Gasteiger partial charge < -0.3 is 0 Å². The lowest BCUT2D eigenvalue weighted by Gasteiger charge is -2.12. The van der Waals surface area contributed by atoms with Crippen LogP contribution in [0.25, 0.3) is 10.9 Å². The Morgan fingerprint density at radius 1 is 1.29 bits per heavy atom. The zero-order valence-electron chi connectivity index (χ0n) is 13.4. The lowest BCUT2D eigenvalue weighted by atomic mass is 10.2. The van der Waals surface area contributed by atoms with Crippen molar-refractivity contribution < 1.29 is 0 Å². The van der Waals surface area contributed by atoms with Gasteiger partial charge in [0.05, 0.1) is 16.7 Å². The van der Waals surface area contributed by atoms with Crippen LogP contribution >= 0.6 is 11.8 Å². The van der Waals surface area contributed by atoms with Gasteiger partial charge in [-0.15, -0.1) is 5.10 Å². The summed E-state index contributed by atoms with van der Waals surface area (Å²) < 4.78 is 3.66. The molecule has 2 heterocycles. The SMILES string of the molecule is CCCn1nnnc1CSc1nc2ccccc2c(=O)n1C1CC1. The zero-order valence-corrected chi connectivity index (χ0v) is 14.2. The molecule has 0 N–H and O–H groups in total. The van der Waals surface area contributed by atoms with E-state index < -0.39 is 0 Å². The average molecular weight is 342 g/mol. The molecule has 3 aromatic rings. The highest BCUT2D eigenvalue weighted by atomic mass is 32.2. The Morgan fingerprint density at radius 2 is 2.12 bits per heavy atom. The highest BCUT2D eigenvalue weighted by molar-refractivity contribution is 7.98. The molecule has 0 spiro atoms. The van der Waals surface area contributed by atoms with Crippen LogP contribution < -0.4 is 5.56 Å². The molecule has 1 aromatic carbocycles. The van der Waals surface area contributed by atoms with Gasteiger partial charge in [0.25, 0.3) is 5.56 Å². The summed E-state index contributed by atoms with van der Waals surface area (Å²) in [6, 6.07) is 7.81. The second-order valence-corrected chi connectivity index (χ2v) is 6.87. The van der Waals surface area contributed by atoms with E-state index in [1.807, 2.05) is 33.5 Å². The summed E-state index contributed by atoms with van der Waals surface area (Å²) in [4.78, 5) is 17.5. The van der Waals surface area contributed by atoms with E-state index in [1.54, 1.807) is 0 Å². The second-order valence-electron chi connectivity index (χ2n) is 5.92. The summed E-state index contributed by atoms with van der Waals surface area (Å²) >= 11 is 1.53. The summed E-state index contributed by atoms with van der Waals surface area (Å²) in [6.45, 7) is 2.89. The number of fused-ring (bicyclic) bond motifs is 1. The maximum absolute atomic E-state index is 12.8. The van der Waals surface area contributed by atoms with E-state index in [9.17, 15) is 4.79 Å². The van der Waals surface area contributed by atoms with Crippen LogP contribution in [0.15, 0.2) is 34.2 Å². The third kappa shape index (κ3) is 2.82. The van der Waals surface area contributed by atoms with Crippen molar-refractivity contribution in [3.8, 4) is 0 Å². The van der Waals surface area contributed by atoms with Crippen molar-refractivity contribution in [3.05, 3.63) is 40.4 Å². The molecule has 1 fully saturated rings. The molecular weight excluding hydrogens is 324 g/mol. The third-order valence-electron chi connectivity index (χ3n) is 4.06. The van der Waals surface area contributed by atoms with Crippen LogP contribution in [0, 0.1) is 0 Å². The molecule has 2 aromatic heterocycles. The van der Waals surface area contributed by atoms with Gasteiger partial charge in [0.15, 0.2) is 11.0 Å². The van der Waals surface area contributed by atoms with Gasteiger partial charge in [0.2, 0.25) is 0 Å². The van der Waals surface area contributed by atoms with Gasteiger partial charge >= 0.3 is 0 Å². The minimum Gasteiger partial charge on any atom is -0.284 e. The first-order valence-electron chi connectivity index (χ1n) is 8.17. The highest BCUT2D eigenvalue weighted by Crippen LogP contribution is 2.37. The minimum atomic E-state index is 0.0544.